The van der Waals surface area contributed by atoms with E-state index < -0.39 is 0 Å². The lowest BCUT2D eigenvalue weighted by Crippen LogP contribution is -2.51. The van der Waals surface area contributed by atoms with E-state index in [0.29, 0.717) is 11.5 Å². The van der Waals surface area contributed by atoms with Crippen LogP contribution in [0.2, 0.25) is 0 Å². The molecule has 0 amide bonds. The molecule has 0 aromatic carbocycles. The van der Waals surface area contributed by atoms with Crippen LogP contribution in [0.5, 0.6) is 0 Å². The average Bonchev–Trinajstić information content (AvgIpc) is 2.35. The lowest BCUT2D eigenvalue weighted by molar-refractivity contribution is 0.0772. The quantitative estimate of drug-likeness (QED) is 0.826. The first kappa shape index (κ1) is 17.6. The Labute approximate surface area is 136 Å². The van der Waals surface area contributed by atoms with E-state index in [1.54, 1.807) is 0 Å². The summed E-state index contributed by atoms with van der Waals surface area (Å²) < 4.78 is 0. The van der Waals surface area contributed by atoms with Gasteiger partial charge in [0.05, 0.1) is 0 Å². The van der Waals surface area contributed by atoms with Crippen molar-refractivity contribution in [3.8, 4) is 0 Å². The van der Waals surface area contributed by atoms with Crippen LogP contribution in [0.25, 0.3) is 0 Å². The lowest BCUT2D eigenvalue weighted by Gasteiger charge is -2.46. The molecule has 2 nitrogen and oxygen atoms in total. The van der Waals surface area contributed by atoms with E-state index >= 15 is 0 Å². The van der Waals surface area contributed by atoms with Gasteiger partial charge in [-0.25, -0.2) is 0 Å². The molecule has 21 heavy (non-hydrogen) atoms. The molecule has 4 atom stereocenters. The highest BCUT2D eigenvalue weighted by atomic mass is 32.2. The van der Waals surface area contributed by atoms with Crippen LogP contribution in [0.4, 0.5) is 0 Å². The van der Waals surface area contributed by atoms with Crippen molar-refractivity contribution < 1.29 is 0 Å². The van der Waals surface area contributed by atoms with Crippen molar-refractivity contribution in [2.45, 2.75) is 76.8 Å². The van der Waals surface area contributed by atoms with Gasteiger partial charge in [0.15, 0.2) is 0 Å². The molecule has 2 fully saturated rings. The second-order valence-electron chi connectivity index (χ2n) is 8.19. The van der Waals surface area contributed by atoms with E-state index in [0.717, 1.165) is 16.4 Å². The van der Waals surface area contributed by atoms with E-state index in [9.17, 15) is 0 Å². The van der Waals surface area contributed by atoms with Gasteiger partial charge >= 0.3 is 0 Å². The Balaban J connectivity index is 2.00. The van der Waals surface area contributed by atoms with Crippen LogP contribution < -0.4 is 5.32 Å². The number of thioether (sulfide) groups is 1. The first-order valence-electron chi connectivity index (χ1n) is 9.00. The fourth-order valence-corrected chi connectivity index (χ4v) is 5.82. The molecule has 0 aromatic heterocycles. The van der Waals surface area contributed by atoms with Gasteiger partial charge in [-0.3, -0.25) is 0 Å². The molecule has 1 heterocycles. The highest BCUT2D eigenvalue weighted by Gasteiger charge is 2.37. The second-order valence-corrected chi connectivity index (χ2v) is 10.1. The van der Waals surface area contributed by atoms with Gasteiger partial charge in [-0.15, -0.1) is 0 Å². The summed E-state index contributed by atoms with van der Waals surface area (Å²) >= 11 is 2.17. The van der Waals surface area contributed by atoms with Crippen molar-refractivity contribution in [1.29, 1.82) is 0 Å². The minimum Gasteiger partial charge on any atom is -0.314 e. The molecule has 0 bridgehead atoms. The van der Waals surface area contributed by atoms with Gasteiger partial charge in [-0.2, -0.15) is 11.8 Å². The van der Waals surface area contributed by atoms with Crippen molar-refractivity contribution in [2.24, 2.45) is 11.3 Å². The molecule has 124 valence electrons. The molecule has 4 unspecified atom stereocenters. The SMILES string of the molecule is CC1CCCC(CNC(C)C)(CN2CC(C)SC(C)C2)C1. The van der Waals surface area contributed by atoms with Gasteiger partial charge in [0.1, 0.15) is 0 Å². The third kappa shape index (κ3) is 5.44. The molecule has 2 rings (SSSR count). The van der Waals surface area contributed by atoms with Gasteiger partial charge in [-0.05, 0) is 24.2 Å². The second kappa shape index (κ2) is 7.70. The summed E-state index contributed by atoms with van der Waals surface area (Å²) in [5, 5.41) is 5.35. The zero-order valence-electron chi connectivity index (χ0n) is 14.8. The molecule has 1 aliphatic carbocycles. The van der Waals surface area contributed by atoms with Crippen molar-refractivity contribution in [3.63, 3.8) is 0 Å². The van der Waals surface area contributed by atoms with Crippen LogP contribution in [-0.2, 0) is 0 Å². The summed E-state index contributed by atoms with van der Waals surface area (Å²) in [6, 6.07) is 0.605. The molecule has 0 spiro atoms. The summed E-state index contributed by atoms with van der Waals surface area (Å²) in [4.78, 5) is 2.77. The maximum atomic E-state index is 3.76. The molecule has 1 saturated carbocycles. The molecule has 0 aromatic rings. The largest absolute Gasteiger partial charge is 0.314 e. The first-order valence-corrected chi connectivity index (χ1v) is 9.94. The molecule has 2 aliphatic rings. The van der Waals surface area contributed by atoms with Crippen molar-refractivity contribution in [2.75, 3.05) is 26.2 Å². The number of nitrogens with zero attached hydrogens (tertiary/aromatic N) is 1. The van der Waals surface area contributed by atoms with Gasteiger partial charge in [-0.1, -0.05) is 47.5 Å². The van der Waals surface area contributed by atoms with Crippen LogP contribution in [0.3, 0.4) is 0 Å². The van der Waals surface area contributed by atoms with Crippen LogP contribution in [0, 0.1) is 11.3 Å². The smallest absolute Gasteiger partial charge is 0.0149 e. The van der Waals surface area contributed by atoms with Crippen molar-refractivity contribution in [1.82, 2.24) is 10.2 Å². The summed E-state index contributed by atoms with van der Waals surface area (Å²) in [5.41, 5.74) is 0.517. The van der Waals surface area contributed by atoms with Crippen LogP contribution in [0.1, 0.15) is 60.3 Å². The minimum absolute atomic E-state index is 0.517. The highest BCUT2D eigenvalue weighted by Crippen LogP contribution is 2.40. The topological polar surface area (TPSA) is 15.3 Å². The molecule has 0 radical (unpaired) electrons. The Bertz CT molecular complexity index is 310. The summed E-state index contributed by atoms with van der Waals surface area (Å²) in [7, 11) is 0. The molecular weight excluding hydrogens is 276 g/mol. The fourth-order valence-electron chi connectivity index (χ4n) is 4.44. The van der Waals surface area contributed by atoms with E-state index in [4.69, 9.17) is 0 Å². The Hall–Kier alpha value is 0.270. The van der Waals surface area contributed by atoms with Gasteiger partial charge in [0.2, 0.25) is 0 Å². The van der Waals surface area contributed by atoms with Crippen molar-refractivity contribution in [3.05, 3.63) is 0 Å². The maximum Gasteiger partial charge on any atom is 0.0149 e. The summed E-state index contributed by atoms with van der Waals surface area (Å²) in [5.74, 6) is 0.904. The normalized spacial score (nSPS) is 38.9. The van der Waals surface area contributed by atoms with Gasteiger partial charge in [0, 0.05) is 42.7 Å². The standard InChI is InChI=1S/C18H36N2S/c1-14(2)19-12-18(8-6-7-15(3)9-18)13-20-10-16(4)21-17(5)11-20/h14-17,19H,6-13H2,1-5H3. The number of nitrogens with one attached hydrogen (secondary N) is 1. The van der Waals surface area contributed by atoms with Gasteiger partial charge in [0.25, 0.3) is 0 Å². The molecule has 1 saturated heterocycles. The summed E-state index contributed by atoms with van der Waals surface area (Å²) in [6.45, 7) is 16.9. The predicted molar refractivity (Wildman–Crippen MR) is 96.2 cm³/mol. The number of rotatable bonds is 5. The Morgan fingerprint density at radius 1 is 1.19 bits per heavy atom. The maximum absolute atomic E-state index is 3.76. The van der Waals surface area contributed by atoms with E-state index in [-0.39, 0.29) is 0 Å². The van der Waals surface area contributed by atoms with Crippen molar-refractivity contribution >= 4 is 11.8 Å². The first-order chi connectivity index (χ1) is 9.88. The molecule has 1 N–H and O–H groups in total. The number of hydrogen-bond donors (Lipinski definition) is 1. The minimum atomic E-state index is 0.517. The zero-order chi connectivity index (χ0) is 15.5. The van der Waals surface area contributed by atoms with Crippen LogP contribution >= 0.6 is 11.8 Å². The highest BCUT2D eigenvalue weighted by molar-refractivity contribution is 8.00. The van der Waals surface area contributed by atoms with Crippen LogP contribution in [0.15, 0.2) is 0 Å². The Morgan fingerprint density at radius 3 is 2.43 bits per heavy atom. The zero-order valence-corrected chi connectivity index (χ0v) is 15.6. The van der Waals surface area contributed by atoms with E-state index in [1.165, 1.54) is 51.9 Å². The van der Waals surface area contributed by atoms with Gasteiger partial charge < -0.3 is 10.2 Å². The summed E-state index contributed by atoms with van der Waals surface area (Å²) in [6.07, 6.45) is 5.70. The predicted octanol–water partition coefficient (Wildman–Crippen LogP) is 4.01. The third-order valence-electron chi connectivity index (χ3n) is 5.13. The van der Waals surface area contributed by atoms with E-state index in [2.05, 4.69) is 56.6 Å². The monoisotopic (exact) mass is 312 g/mol. The number of hydrogen-bond acceptors (Lipinski definition) is 3. The van der Waals surface area contributed by atoms with Crippen LogP contribution in [-0.4, -0.2) is 47.6 Å². The average molecular weight is 313 g/mol. The Kier molecular flexibility index (Phi) is 6.46. The molecule has 1 aliphatic heterocycles. The van der Waals surface area contributed by atoms with E-state index in [1.807, 2.05) is 0 Å². The lowest BCUT2D eigenvalue weighted by atomic mass is 9.69. The third-order valence-corrected chi connectivity index (χ3v) is 6.35. The molecule has 3 heteroatoms. The Morgan fingerprint density at radius 2 is 1.86 bits per heavy atom. The molecular formula is C18H36N2S. The fraction of sp³-hybridized carbons (Fsp3) is 1.00.